The number of hydrogen-bond donors (Lipinski definition) is 1. The van der Waals surface area contributed by atoms with Crippen molar-refractivity contribution in [1.29, 1.82) is 0 Å². The molecule has 1 aromatic rings. The van der Waals surface area contributed by atoms with E-state index in [1.165, 1.54) is 11.1 Å². The lowest BCUT2D eigenvalue weighted by Crippen LogP contribution is -2.20. The Morgan fingerprint density at radius 1 is 1.31 bits per heavy atom. The van der Waals surface area contributed by atoms with Crippen molar-refractivity contribution >= 4 is 5.71 Å². The molecule has 16 heavy (non-hydrogen) atoms. The van der Waals surface area contributed by atoms with Gasteiger partial charge in [0.15, 0.2) is 0 Å². The molecule has 0 aliphatic heterocycles. The molecule has 0 fully saturated rings. The van der Waals surface area contributed by atoms with Gasteiger partial charge >= 0.3 is 0 Å². The molecule has 0 heterocycles. The van der Waals surface area contributed by atoms with Crippen LogP contribution in [-0.4, -0.2) is 10.9 Å². The normalized spacial score (nSPS) is 26.2. The predicted octanol–water partition coefficient (Wildman–Crippen LogP) is 3.69. The zero-order valence-corrected chi connectivity index (χ0v) is 10.2. The molecule has 2 rings (SSSR count). The molecule has 0 aromatic heterocycles. The monoisotopic (exact) mass is 217 g/mol. The van der Waals surface area contributed by atoms with Gasteiger partial charge in [-0.25, -0.2) is 0 Å². The fourth-order valence-corrected chi connectivity index (χ4v) is 2.76. The second-order valence-corrected chi connectivity index (χ2v) is 5.42. The van der Waals surface area contributed by atoms with E-state index in [1.54, 1.807) is 0 Å². The smallest absolute Gasteiger partial charge is 0.0585 e. The van der Waals surface area contributed by atoms with Crippen molar-refractivity contribution < 1.29 is 5.21 Å². The van der Waals surface area contributed by atoms with E-state index in [9.17, 15) is 0 Å². The summed E-state index contributed by atoms with van der Waals surface area (Å²) in [7, 11) is 0. The van der Waals surface area contributed by atoms with Gasteiger partial charge in [0.1, 0.15) is 0 Å². The van der Waals surface area contributed by atoms with E-state index >= 15 is 0 Å². The van der Waals surface area contributed by atoms with E-state index in [1.807, 2.05) is 0 Å². The fourth-order valence-electron chi connectivity index (χ4n) is 2.76. The molecular weight excluding hydrogens is 198 g/mol. The standard InChI is InChI=1S/C14H19NO/c1-10-8-11(15-16)9-14(2,3)13-7-5-4-6-12(10)13/h4-7,10,16H,8-9H2,1-3H3/b15-11+. The van der Waals surface area contributed by atoms with Gasteiger partial charge in [0.25, 0.3) is 0 Å². The summed E-state index contributed by atoms with van der Waals surface area (Å²) < 4.78 is 0. The Balaban J connectivity index is 2.55. The van der Waals surface area contributed by atoms with Gasteiger partial charge in [0.05, 0.1) is 5.71 Å². The fraction of sp³-hybridized carbons (Fsp3) is 0.500. The third-order valence-corrected chi connectivity index (χ3v) is 3.55. The van der Waals surface area contributed by atoms with Crippen LogP contribution in [0.4, 0.5) is 0 Å². The largest absolute Gasteiger partial charge is 0.411 e. The van der Waals surface area contributed by atoms with E-state index in [0.29, 0.717) is 5.92 Å². The molecule has 1 unspecified atom stereocenters. The minimum absolute atomic E-state index is 0.0584. The first-order valence-corrected chi connectivity index (χ1v) is 5.84. The molecule has 0 saturated heterocycles. The quantitative estimate of drug-likeness (QED) is 0.401. The highest BCUT2D eigenvalue weighted by atomic mass is 16.4. The molecule has 2 nitrogen and oxygen atoms in total. The van der Waals surface area contributed by atoms with Crippen molar-refractivity contribution in [2.45, 2.75) is 44.9 Å². The maximum atomic E-state index is 9.03. The van der Waals surface area contributed by atoms with E-state index < -0.39 is 0 Å². The summed E-state index contributed by atoms with van der Waals surface area (Å²) in [6.45, 7) is 6.63. The zero-order chi connectivity index (χ0) is 11.8. The first-order chi connectivity index (χ1) is 7.54. The van der Waals surface area contributed by atoms with Crippen LogP contribution in [0, 0.1) is 0 Å². The molecule has 2 heteroatoms. The average Bonchev–Trinajstić information content (AvgIpc) is 2.36. The summed E-state index contributed by atoms with van der Waals surface area (Å²) in [6, 6.07) is 8.58. The van der Waals surface area contributed by atoms with Crippen LogP contribution in [0.25, 0.3) is 0 Å². The second-order valence-electron chi connectivity index (χ2n) is 5.42. The maximum Gasteiger partial charge on any atom is 0.0585 e. The predicted molar refractivity (Wildman–Crippen MR) is 66.3 cm³/mol. The third-order valence-electron chi connectivity index (χ3n) is 3.55. The number of rotatable bonds is 0. The molecule has 1 atom stereocenters. The van der Waals surface area contributed by atoms with Crippen molar-refractivity contribution in [3.05, 3.63) is 35.4 Å². The van der Waals surface area contributed by atoms with Gasteiger partial charge in [0, 0.05) is 0 Å². The highest BCUT2D eigenvalue weighted by Crippen LogP contribution is 2.39. The van der Waals surface area contributed by atoms with Gasteiger partial charge in [-0.2, -0.15) is 0 Å². The first-order valence-electron chi connectivity index (χ1n) is 5.84. The van der Waals surface area contributed by atoms with Crippen LogP contribution in [0.3, 0.4) is 0 Å². The molecule has 1 N–H and O–H groups in total. The van der Waals surface area contributed by atoms with Crippen LogP contribution in [0.2, 0.25) is 0 Å². The minimum Gasteiger partial charge on any atom is -0.411 e. The Hall–Kier alpha value is -1.31. The highest BCUT2D eigenvalue weighted by molar-refractivity contribution is 5.86. The van der Waals surface area contributed by atoms with Crippen LogP contribution in [-0.2, 0) is 5.41 Å². The Morgan fingerprint density at radius 2 is 2.00 bits per heavy atom. The molecule has 86 valence electrons. The van der Waals surface area contributed by atoms with Gasteiger partial charge in [-0.1, -0.05) is 50.2 Å². The minimum atomic E-state index is 0.0584. The summed E-state index contributed by atoms with van der Waals surface area (Å²) in [5, 5.41) is 12.5. The highest BCUT2D eigenvalue weighted by Gasteiger charge is 2.31. The summed E-state index contributed by atoms with van der Waals surface area (Å²) in [6.07, 6.45) is 1.70. The molecule has 1 aliphatic rings. The van der Waals surface area contributed by atoms with Crippen LogP contribution in [0.15, 0.2) is 29.4 Å². The summed E-state index contributed by atoms with van der Waals surface area (Å²) in [5.74, 6) is 0.434. The SMILES string of the molecule is CC1C/C(=N\O)CC(C)(C)c2ccccc21. The molecule has 0 radical (unpaired) electrons. The third kappa shape index (κ3) is 1.84. The van der Waals surface area contributed by atoms with Gasteiger partial charge in [-0.15, -0.1) is 0 Å². The first kappa shape index (κ1) is 11.2. The number of benzene rings is 1. The Labute approximate surface area is 97.0 Å². The zero-order valence-electron chi connectivity index (χ0n) is 10.2. The summed E-state index contributed by atoms with van der Waals surface area (Å²) in [5.41, 5.74) is 3.75. The Morgan fingerprint density at radius 3 is 2.69 bits per heavy atom. The molecule has 1 aromatic carbocycles. The van der Waals surface area contributed by atoms with Crippen LogP contribution >= 0.6 is 0 Å². The topological polar surface area (TPSA) is 32.6 Å². The van der Waals surface area contributed by atoms with E-state index in [4.69, 9.17) is 5.21 Å². The van der Waals surface area contributed by atoms with Gasteiger partial charge in [-0.3, -0.25) is 0 Å². The molecule has 0 spiro atoms. The lowest BCUT2D eigenvalue weighted by Gasteiger charge is -2.25. The van der Waals surface area contributed by atoms with E-state index in [0.717, 1.165) is 18.6 Å². The molecule has 0 amide bonds. The molecule has 1 aliphatic carbocycles. The maximum absolute atomic E-state index is 9.03. The lowest BCUT2D eigenvalue weighted by atomic mass is 9.79. The van der Waals surface area contributed by atoms with Crippen molar-refractivity contribution in [3.8, 4) is 0 Å². The van der Waals surface area contributed by atoms with Crippen molar-refractivity contribution in [1.82, 2.24) is 0 Å². The van der Waals surface area contributed by atoms with Gasteiger partial charge in [0.2, 0.25) is 0 Å². The van der Waals surface area contributed by atoms with Crippen molar-refractivity contribution in [3.63, 3.8) is 0 Å². The summed E-state index contributed by atoms with van der Waals surface area (Å²) in [4.78, 5) is 0. The number of oxime groups is 1. The summed E-state index contributed by atoms with van der Waals surface area (Å²) >= 11 is 0. The number of fused-ring (bicyclic) bond motifs is 1. The van der Waals surface area contributed by atoms with Crippen molar-refractivity contribution in [2.75, 3.05) is 0 Å². The van der Waals surface area contributed by atoms with Crippen LogP contribution in [0.1, 0.15) is 50.7 Å². The van der Waals surface area contributed by atoms with Crippen LogP contribution < -0.4 is 0 Å². The van der Waals surface area contributed by atoms with E-state index in [-0.39, 0.29) is 5.41 Å². The lowest BCUT2D eigenvalue weighted by molar-refractivity contribution is 0.314. The average molecular weight is 217 g/mol. The molecular formula is C14H19NO. The van der Waals surface area contributed by atoms with E-state index in [2.05, 4.69) is 50.2 Å². The molecule has 0 bridgehead atoms. The number of nitrogens with zero attached hydrogens (tertiary/aromatic N) is 1. The van der Waals surface area contributed by atoms with Crippen LogP contribution in [0.5, 0.6) is 0 Å². The van der Waals surface area contributed by atoms with Gasteiger partial charge in [-0.05, 0) is 35.3 Å². The van der Waals surface area contributed by atoms with Gasteiger partial charge < -0.3 is 5.21 Å². The number of hydrogen-bond acceptors (Lipinski definition) is 2. The Kier molecular flexibility index (Phi) is 2.75. The second kappa shape index (κ2) is 3.93. The molecule has 0 saturated carbocycles. The van der Waals surface area contributed by atoms with Crippen molar-refractivity contribution in [2.24, 2.45) is 5.16 Å². The Bertz CT molecular complexity index is 420.